The minimum absolute atomic E-state index is 0.0679. The van der Waals surface area contributed by atoms with Gasteiger partial charge in [-0.15, -0.1) is 0 Å². The van der Waals surface area contributed by atoms with Gasteiger partial charge in [-0.25, -0.2) is 0 Å². The van der Waals surface area contributed by atoms with Crippen LogP contribution in [0.1, 0.15) is 29.9 Å². The maximum absolute atomic E-state index is 12.6. The summed E-state index contributed by atoms with van der Waals surface area (Å²) < 4.78 is 16.0. The molecule has 7 nitrogen and oxygen atoms in total. The third kappa shape index (κ3) is 5.32. The van der Waals surface area contributed by atoms with Gasteiger partial charge in [0.25, 0.3) is 0 Å². The number of phenolic OH excluding ortho intramolecular Hbond substituents is 1. The number of carbonyl (C=O) groups is 1. The van der Waals surface area contributed by atoms with Gasteiger partial charge in [0.2, 0.25) is 12.7 Å². The molecule has 0 aromatic heterocycles. The number of methoxy groups -OCH3 is 1. The van der Waals surface area contributed by atoms with Crippen molar-refractivity contribution in [2.45, 2.75) is 18.8 Å². The molecule has 3 rings (SSSR count). The Balaban J connectivity index is 1.81. The molecule has 2 aromatic rings. The van der Waals surface area contributed by atoms with Crippen molar-refractivity contribution in [1.29, 1.82) is 0 Å². The first-order valence-electron chi connectivity index (χ1n) is 9.66. The van der Waals surface area contributed by atoms with E-state index >= 15 is 0 Å². The summed E-state index contributed by atoms with van der Waals surface area (Å²) in [5, 5.41) is 13.6. The fraction of sp³-hybridized carbons (Fsp3) is 0.409. The summed E-state index contributed by atoms with van der Waals surface area (Å²) in [6, 6.07) is 10.8. The number of hydrogen-bond donors (Lipinski definition) is 2. The van der Waals surface area contributed by atoms with E-state index in [0.717, 1.165) is 24.3 Å². The summed E-state index contributed by atoms with van der Waals surface area (Å²) >= 11 is 0. The minimum Gasteiger partial charge on any atom is -0.508 e. The smallest absolute Gasteiger partial charge is 0.231 e. The van der Waals surface area contributed by atoms with Crippen LogP contribution in [-0.4, -0.2) is 57.0 Å². The Bertz CT molecular complexity index is 836. The summed E-state index contributed by atoms with van der Waals surface area (Å²) in [5.74, 6) is 1.49. The van der Waals surface area contributed by atoms with Gasteiger partial charge in [-0.1, -0.05) is 12.1 Å². The van der Waals surface area contributed by atoms with Crippen LogP contribution < -0.4 is 19.5 Å². The number of nitrogens with zero attached hydrogens (tertiary/aromatic N) is 1. The number of fused-ring (bicyclic) bond motifs is 1. The average Bonchev–Trinajstić information content (AvgIpc) is 3.16. The van der Waals surface area contributed by atoms with E-state index in [4.69, 9.17) is 14.2 Å². The molecule has 156 valence electrons. The van der Waals surface area contributed by atoms with Crippen LogP contribution in [0.3, 0.4) is 0 Å². The molecule has 1 unspecified atom stereocenters. The highest BCUT2D eigenvalue weighted by Crippen LogP contribution is 2.43. The number of aromatic hydroxyl groups is 1. The maximum Gasteiger partial charge on any atom is 0.231 e. The van der Waals surface area contributed by atoms with Gasteiger partial charge in [0.05, 0.1) is 7.11 Å². The van der Waals surface area contributed by atoms with E-state index in [0.29, 0.717) is 23.6 Å². The Hall–Kier alpha value is -2.93. The molecule has 0 saturated carbocycles. The molecule has 1 atom stereocenters. The molecular formula is C22H28N2O5. The van der Waals surface area contributed by atoms with E-state index in [9.17, 15) is 9.90 Å². The van der Waals surface area contributed by atoms with Gasteiger partial charge in [-0.05, 0) is 50.8 Å². The lowest BCUT2D eigenvalue weighted by molar-refractivity contribution is -0.121. The second kappa shape index (κ2) is 9.52. The summed E-state index contributed by atoms with van der Waals surface area (Å²) in [5.41, 5.74) is 1.53. The highest BCUT2D eigenvalue weighted by atomic mass is 16.7. The molecular weight excluding hydrogens is 372 g/mol. The maximum atomic E-state index is 12.6. The van der Waals surface area contributed by atoms with Crippen LogP contribution in [0.15, 0.2) is 36.4 Å². The first-order valence-corrected chi connectivity index (χ1v) is 9.66. The second-order valence-electron chi connectivity index (χ2n) is 7.30. The van der Waals surface area contributed by atoms with E-state index < -0.39 is 0 Å². The fourth-order valence-electron chi connectivity index (χ4n) is 3.35. The molecule has 0 bridgehead atoms. The molecule has 0 fully saturated rings. The lowest BCUT2D eigenvalue weighted by Crippen LogP contribution is -2.28. The zero-order valence-electron chi connectivity index (χ0n) is 17.1. The Labute approximate surface area is 171 Å². The van der Waals surface area contributed by atoms with Crippen LogP contribution in [0.4, 0.5) is 0 Å². The Kier molecular flexibility index (Phi) is 6.82. The van der Waals surface area contributed by atoms with Crippen molar-refractivity contribution >= 4 is 5.91 Å². The number of carbonyl (C=O) groups excluding carboxylic acids is 1. The SMILES string of the molecule is COc1ccc(C(CC(=O)NCCCN(C)C)c2cc3c(cc2O)OCO3)cc1. The van der Waals surface area contributed by atoms with Gasteiger partial charge >= 0.3 is 0 Å². The summed E-state index contributed by atoms with van der Waals surface area (Å²) in [7, 11) is 5.62. The van der Waals surface area contributed by atoms with E-state index in [2.05, 4.69) is 10.2 Å². The highest BCUT2D eigenvalue weighted by molar-refractivity contribution is 5.78. The third-order valence-corrected chi connectivity index (χ3v) is 4.91. The first-order chi connectivity index (χ1) is 14.0. The topological polar surface area (TPSA) is 80.3 Å². The number of ether oxygens (including phenoxy) is 3. The van der Waals surface area contributed by atoms with Crippen LogP contribution >= 0.6 is 0 Å². The second-order valence-corrected chi connectivity index (χ2v) is 7.30. The van der Waals surface area contributed by atoms with Gasteiger partial charge < -0.3 is 29.5 Å². The fourth-order valence-corrected chi connectivity index (χ4v) is 3.35. The lowest BCUT2D eigenvalue weighted by Gasteiger charge is -2.20. The van der Waals surface area contributed by atoms with Gasteiger partial charge in [-0.3, -0.25) is 4.79 Å². The van der Waals surface area contributed by atoms with Crippen molar-refractivity contribution < 1.29 is 24.1 Å². The van der Waals surface area contributed by atoms with Crippen molar-refractivity contribution in [3.05, 3.63) is 47.5 Å². The predicted molar refractivity (Wildman–Crippen MR) is 110 cm³/mol. The molecule has 0 saturated heterocycles. The van der Waals surface area contributed by atoms with Crippen LogP contribution in [0.5, 0.6) is 23.0 Å². The van der Waals surface area contributed by atoms with E-state index in [1.807, 2.05) is 38.4 Å². The third-order valence-electron chi connectivity index (χ3n) is 4.91. The molecule has 2 aromatic carbocycles. The highest BCUT2D eigenvalue weighted by Gasteiger charge is 2.25. The van der Waals surface area contributed by atoms with Crippen molar-refractivity contribution in [3.8, 4) is 23.0 Å². The molecule has 1 aliphatic heterocycles. The minimum atomic E-state index is -0.329. The standard InChI is InChI=1S/C22H28N2O5/c1-24(2)10-4-9-23-22(26)12-17(15-5-7-16(27-3)8-6-15)18-11-20-21(13-19(18)25)29-14-28-20/h5-8,11,13,17,25H,4,9-10,12,14H2,1-3H3,(H,23,26). The molecule has 1 heterocycles. The molecule has 0 spiro atoms. The predicted octanol–water partition coefficient (Wildman–Crippen LogP) is 2.72. The van der Waals surface area contributed by atoms with Crippen LogP contribution in [0.25, 0.3) is 0 Å². The van der Waals surface area contributed by atoms with E-state index in [-0.39, 0.29) is 30.8 Å². The Morgan fingerprint density at radius 1 is 1.21 bits per heavy atom. The summed E-state index contributed by atoms with van der Waals surface area (Å²) in [4.78, 5) is 14.7. The number of amides is 1. The molecule has 2 N–H and O–H groups in total. The normalized spacial score (nSPS) is 13.4. The number of benzene rings is 2. The molecule has 1 aliphatic rings. The van der Waals surface area contributed by atoms with Gasteiger partial charge in [0.1, 0.15) is 11.5 Å². The van der Waals surface area contributed by atoms with E-state index in [1.54, 1.807) is 19.2 Å². The average molecular weight is 400 g/mol. The molecule has 7 heteroatoms. The number of nitrogens with one attached hydrogen (secondary N) is 1. The molecule has 29 heavy (non-hydrogen) atoms. The quantitative estimate of drug-likeness (QED) is 0.630. The van der Waals surface area contributed by atoms with Crippen molar-refractivity contribution in [2.24, 2.45) is 0 Å². The monoisotopic (exact) mass is 400 g/mol. The van der Waals surface area contributed by atoms with Crippen LogP contribution in [-0.2, 0) is 4.79 Å². The van der Waals surface area contributed by atoms with Crippen LogP contribution in [0.2, 0.25) is 0 Å². The van der Waals surface area contributed by atoms with Gasteiger partial charge in [0, 0.05) is 30.5 Å². The first kappa shape index (κ1) is 20.8. The zero-order chi connectivity index (χ0) is 20.8. The molecule has 0 aliphatic carbocycles. The summed E-state index contributed by atoms with van der Waals surface area (Å²) in [6.45, 7) is 1.64. The zero-order valence-corrected chi connectivity index (χ0v) is 17.1. The number of rotatable bonds is 9. The summed E-state index contributed by atoms with van der Waals surface area (Å²) in [6.07, 6.45) is 1.09. The van der Waals surface area contributed by atoms with Crippen LogP contribution in [0, 0.1) is 0 Å². The molecule has 1 amide bonds. The van der Waals surface area contributed by atoms with Crippen molar-refractivity contribution in [3.63, 3.8) is 0 Å². The largest absolute Gasteiger partial charge is 0.508 e. The lowest BCUT2D eigenvalue weighted by atomic mass is 9.87. The number of phenols is 1. The van der Waals surface area contributed by atoms with Gasteiger partial charge in [0.15, 0.2) is 11.5 Å². The van der Waals surface area contributed by atoms with Crippen molar-refractivity contribution in [2.75, 3.05) is 41.1 Å². The Morgan fingerprint density at radius 3 is 2.55 bits per heavy atom. The number of hydrogen-bond acceptors (Lipinski definition) is 6. The van der Waals surface area contributed by atoms with Gasteiger partial charge in [-0.2, -0.15) is 0 Å². The Morgan fingerprint density at radius 2 is 1.90 bits per heavy atom. The van der Waals surface area contributed by atoms with Crippen molar-refractivity contribution in [1.82, 2.24) is 10.2 Å². The van der Waals surface area contributed by atoms with E-state index in [1.165, 1.54) is 0 Å². The molecule has 0 radical (unpaired) electrons.